The van der Waals surface area contributed by atoms with Gasteiger partial charge in [0.25, 0.3) is 0 Å². The van der Waals surface area contributed by atoms with Crippen LogP contribution < -0.4 is 0 Å². The van der Waals surface area contributed by atoms with Crippen molar-refractivity contribution in [1.29, 1.82) is 0 Å². The molecule has 0 amide bonds. The van der Waals surface area contributed by atoms with E-state index in [1.165, 1.54) is 36.1 Å². The molecule has 0 aromatic carbocycles. The van der Waals surface area contributed by atoms with Gasteiger partial charge in [-0.15, -0.1) is 10.2 Å². The molecule has 1 aromatic heterocycles. The summed E-state index contributed by atoms with van der Waals surface area (Å²) in [5.41, 5.74) is 0. The van der Waals surface area contributed by atoms with Crippen LogP contribution in [0.5, 0.6) is 0 Å². The molecule has 0 radical (unpaired) electrons. The van der Waals surface area contributed by atoms with Gasteiger partial charge in [-0.3, -0.25) is 4.79 Å². The highest BCUT2D eigenvalue weighted by atomic mass is 32.2. The molecule has 0 bridgehead atoms. The predicted molar refractivity (Wildman–Crippen MR) is 83.9 cm³/mol. The number of aromatic nitrogens is 3. The molecule has 1 aliphatic heterocycles. The number of hydrogen-bond acceptors (Lipinski definition) is 6. The Labute approximate surface area is 130 Å². The predicted octanol–water partition coefficient (Wildman–Crippen LogP) is 2.18. The highest BCUT2D eigenvalue weighted by molar-refractivity contribution is 8.06. The summed E-state index contributed by atoms with van der Waals surface area (Å²) in [5.74, 6) is 4.45. The summed E-state index contributed by atoms with van der Waals surface area (Å²) in [4.78, 5) is 10.7. The molecule has 1 N–H and O–H groups in total. The van der Waals surface area contributed by atoms with Gasteiger partial charge in [-0.2, -0.15) is 23.5 Å². The molecule has 1 saturated heterocycles. The number of carbonyl (C=O) groups is 1. The van der Waals surface area contributed by atoms with Gasteiger partial charge >= 0.3 is 5.97 Å². The van der Waals surface area contributed by atoms with Gasteiger partial charge in [0.1, 0.15) is 5.82 Å². The van der Waals surface area contributed by atoms with Crippen molar-refractivity contribution < 1.29 is 9.90 Å². The topological polar surface area (TPSA) is 68.0 Å². The van der Waals surface area contributed by atoms with Crippen molar-refractivity contribution in [3.63, 3.8) is 0 Å². The molecule has 2 heterocycles. The second-order valence-corrected chi connectivity index (χ2v) is 8.48. The van der Waals surface area contributed by atoms with Gasteiger partial charge in [0, 0.05) is 35.0 Å². The molecule has 110 valence electrons. The standard InChI is InChI=1S/C12H17N3O2S3/c16-10(17)7-20-12-14-13-11(8-1-2-8)15(12)5-9-6-18-3-4-19-9/h8-9H,1-7H2,(H,16,17). The maximum Gasteiger partial charge on any atom is 0.313 e. The summed E-state index contributed by atoms with van der Waals surface area (Å²) in [7, 11) is 0. The number of nitrogens with zero attached hydrogens (tertiary/aromatic N) is 3. The van der Waals surface area contributed by atoms with E-state index >= 15 is 0 Å². The van der Waals surface area contributed by atoms with Gasteiger partial charge in [0.05, 0.1) is 5.75 Å². The van der Waals surface area contributed by atoms with Crippen molar-refractivity contribution in [3.8, 4) is 0 Å². The zero-order valence-corrected chi connectivity index (χ0v) is 13.5. The van der Waals surface area contributed by atoms with Crippen LogP contribution in [0.1, 0.15) is 24.6 Å². The molecule has 3 rings (SSSR count). The lowest BCUT2D eigenvalue weighted by Crippen LogP contribution is -2.22. The van der Waals surface area contributed by atoms with E-state index in [1.54, 1.807) is 0 Å². The van der Waals surface area contributed by atoms with E-state index in [-0.39, 0.29) is 5.75 Å². The summed E-state index contributed by atoms with van der Waals surface area (Å²) < 4.78 is 2.18. The molecule has 0 spiro atoms. The lowest BCUT2D eigenvalue weighted by atomic mass is 10.3. The van der Waals surface area contributed by atoms with Crippen LogP contribution >= 0.6 is 35.3 Å². The van der Waals surface area contributed by atoms with Crippen molar-refractivity contribution in [2.24, 2.45) is 0 Å². The van der Waals surface area contributed by atoms with E-state index in [4.69, 9.17) is 5.11 Å². The molecule has 8 heteroatoms. The largest absolute Gasteiger partial charge is 0.481 e. The smallest absolute Gasteiger partial charge is 0.313 e. The summed E-state index contributed by atoms with van der Waals surface area (Å²) in [6.07, 6.45) is 2.38. The van der Waals surface area contributed by atoms with Crippen LogP contribution in [0.25, 0.3) is 0 Å². The minimum atomic E-state index is -0.805. The second kappa shape index (κ2) is 6.62. The van der Waals surface area contributed by atoms with Crippen molar-refractivity contribution in [3.05, 3.63) is 5.82 Å². The third-order valence-electron chi connectivity index (χ3n) is 3.28. The quantitative estimate of drug-likeness (QED) is 0.801. The molecular weight excluding hydrogens is 314 g/mol. The lowest BCUT2D eigenvalue weighted by Gasteiger charge is -2.22. The average Bonchev–Trinajstić information content (AvgIpc) is 3.21. The number of carboxylic acids is 1. The molecule has 1 aromatic rings. The first-order valence-corrected chi connectivity index (χ1v) is 9.90. The zero-order chi connectivity index (χ0) is 13.9. The molecule has 1 aliphatic carbocycles. The molecule has 1 saturated carbocycles. The first-order chi connectivity index (χ1) is 9.74. The molecule has 2 aliphatic rings. The van der Waals surface area contributed by atoms with Crippen LogP contribution in [0, 0.1) is 0 Å². The van der Waals surface area contributed by atoms with Crippen molar-refractivity contribution in [2.45, 2.75) is 35.7 Å². The fourth-order valence-electron chi connectivity index (χ4n) is 2.19. The van der Waals surface area contributed by atoms with E-state index < -0.39 is 5.97 Å². The fourth-order valence-corrected chi connectivity index (χ4v) is 5.52. The summed E-state index contributed by atoms with van der Waals surface area (Å²) in [6, 6.07) is 0. The maximum absolute atomic E-state index is 10.7. The summed E-state index contributed by atoms with van der Waals surface area (Å²) in [5, 5.41) is 18.7. The third-order valence-corrected chi connectivity index (χ3v) is 7.06. The Morgan fingerprint density at radius 3 is 2.90 bits per heavy atom. The van der Waals surface area contributed by atoms with Crippen molar-refractivity contribution in [1.82, 2.24) is 14.8 Å². The average molecular weight is 331 g/mol. The van der Waals surface area contributed by atoms with Gasteiger partial charge in [0.15, 0.2) is 5.16 Å². The van der Waals surface area contributed by atoms with Gasteiger partial charge in [-0.05, 0) is 12.8 Å². The van der Waals surface area contributed by atoms with E-state index in [9.17, 15) is 4.79 Å². The third kappa shape index (κ3) is 3.65. The number of hydrogen-bond donors (Lipinski definition) is 1. The Kier molecular flexibility index (Phi) is 4.83. The number of thioether (sulfide) groups is 3. The lowest BCUT2D eigenvalue weighted by molar-refractivity contribution is -0.133. The highest BCUT2D eigenvalue weighted by Gasteiger charge is 2.31. The van der Waals surface area contributed by atoms with E-state index in [0.29, 0.717) is 11.2 Å². The Hall–Kier alpha value is -0.340. The zero-order valence-electron chi connectivity index (χ0n) is 11.0. The number of carboxylic acid groups (broad SMARTS) is 1. The van der Waals surface area contributed by atoms with Crippen LogP contribution in [0.4, 0.5) is 0 Å². The number of aliphatic carboxylic acids is 1. The monoisotopic (exact) mass is 331 g/mol. The van der Waals surface area contributed by atoms with Gasteiger partial charge in [0.2, 0.25) is 0 Å². The molecule has 2 fully saturated rings. The SMILES string of the molecule is O=C(O)CSc1nnc(C2CC2)n1CC1CSCCS1. The minimum absolute atomic E-state index is 0.0510. The van der Waals surface area contributed by atoms with Gasteiger partial charge < -0.3 is 9.67 Å². The molecule has 5 nitrogen and oxygen atoms in total. The summed E-state index contributed by atoms with van der Waals surface area (Å²) >= 11 is 5.30. The van der Waals surface area contributed by atoms with Crippen LogP contribution in [0.3, 0.4) is 0 Å². The van der Waals surface area contributed by atoms with Crippen LogP contribution in [0.2, 0.25) is 0 Å². The van der Waals surface area contributed by atoms with Crippen LogP contribution in [0.15, 0.2) is 5.16 Å². The van der Waals surface area contributed by atoms with Crippen LogP contribution in [-0.4, -0.2) is 54.1 Å². The van der Waals surface area contributed by atoms with E-state index in [2.05, 4.69) is 14.8 Å². The summed E-state index contributed by atoms with van der Waals surface area (Å²) in [6.45, 7) is 0.915. The van der Waals surface area contributed by atoms with E-state index in [1.807, 2.05) is 23.5 Å². The van der Waals surface area contributed by atoms with E-state index in [0.717, 1.165) is 23.3 Å². The first kappa shape index (κ1) is 14.6. The fraction of sp³-hybridized carbons (Fsp3) is 0.750. The minimum Gasteiger partial charge on any atom is -0.481 e. The Bertz CT molecular complexity index is 484. The van der Waals surface area contributed by atoms with Crippen LogP contribution in [-0.2, 0) is 11.3 Å². The normalized spacial score (nSPS) is 22.9. The highest BCUT2D eigenvalue weighted by Crippen LogP contribution is 2.40. The maximum atomic E-state index is 10.7. The molecule has 1 atom stereocenters. The molecule has 20 heavy (non-hydrogen) atoms. The molecular formula is C12H17N3O2S3. The number of rotatable bonds is 6. The van der Waals surface area contributed by atoms with Gasteiger partial charge in [-0.1, -0.05) is 11.8 Å². The Balaban J connectivity index is 1.73. The molecule has 1 unspecified atom stereocenters. The Morgan fingerprint density at radius 2 is 2.25 bits per heavy atom. The van der Waals surface area contributed by atoms with Crippen molar-refractivity contribution >= 4 is 41.3 Å². The first-order valence-electron chi connectivity index (χ1n) is 6.71. The Morgan fingerprint density at radius 1 is 1.40 bits per heavy atom. The van der Waals surface area contributed by atoms with Crippen molar-refractivity contribution in [2.75, 3.05) is 23.0 Å². The second-order valence-electron chi connectivity index (χ2n) is 4.98. The van der Waals surface area contributed by atoms with Gasteiger partial charge in [-0.25, -0.2) is 0 Å².